The third kappa shape index (κ3) is 4.20. The first-order chi connectivity index (χ1) is 11.2. The van der Waals surface area contributed by atoms with Gasteiger partial charge in [-0.15, -0.1) is 0 Å². The van der Waals surface area contributed by atoms with Gasteiger partial charge in [-0.25, -0.2) is 9.37 Å². The lowest BCUT2D eigenvalue weighted by Gasteiger charge is -2.36. The lowest BCUT2D eigenvalue weighted by atomic mass is 10.1. The molecule has 1 aliphatic heterocycles. The largest absolute Gasteiger partial charge is 0.481 e. The Morgan fingerprint density at radius 2 is 1.78 bits per heavy atom. The van der Waals surface area contributed by atoms with Crippen molar-refractivity contribution in [3.8, 4) is 5.88 Å². The fourth-order valence-electron chi connectivity index (χ4n) is 2.85. The van der Waals surface area contributed by atoms with E-state index in [1.807, 2.05) is 24.4 Å². The van der Waals surface area contributed by atoms with Gasteiger partial charge in [0.1, 0.15) is 5.82 Å². The van der Waals surface area contributed by atoms with Gasteiger partial charge in [0, 0.05) is 38.8 Å². The van der Waals surface area contributed by atoms with E-state index in [9.17, 15) is 4.39 Å². The van der Waals surface area contributed by atoms with Gasteiger partial charge in [0.2, 0.25) is 5.88 Å². The molecule has 0 amide bonds. The molecule has 1 aromatic carbocycles. The van der Waals surface area contributed by atoms with Gasteiger partial charge in [-0.3, -0.25) is 4.90 Å². The van der Waals surface area contributed by atoms with Crippen LogP contribution in [-0.2, 0) is 6.42 Å². The summed E-state index contributed by atoms with van der Waals surface area (Å²) < 4.78 is 18.0. The van der Waals surface area contributed by atoms with Crippen molar-refractivity contribution in [2.75, 3.05) is 44.7 Å². The maximum Gasteiger partial charge on any atom is 0.213 e. The van der Waals surface area contributed by atoms with E-state index in [0.717, 1.165) is 44.8 Å². The molecule has 3 rings (SSSR count). The van der Waals surface area contributed by atoms with Gasteiger partial charge >= 0.3 is 0 Å². The van der Waals surface area contributed by atoms with Gasteiger partial charge in [0.25, 0.3) is 0 Å². The highest BCUT2D eigenvalue weighted by molar-refractivity contribution is 5.45. The number of anilines is 1. The minimum Gasteiger partial charge on any atom is -0.481 e. The van der Waals surface area contributed by atoms with Crippen LogP contribution < -0.4 is 9.64 Å². The number of nitrogens with zero attached hydrogens (tertiary/aromatic N) is 3. The molecule has 0 bridgehead atoms. The van der Waals surface area contributed by atoms with E-state index in [4.69, 9.17) is 4.74 Å². The second kappa shape index (κ2) is 7.42. The average Bonchev–Trinajstić information content (AvgIpc) is 2.62. The van der Waals surface area contributed by atoms with E-state index in [-0.39, 0.29) is 5.82 Å². The normalized spacial score (nSPS) is 15.7. The molecule has 1 saturated heterocycles. The standard InChI is InChI=1S/C18H22FN3O/c1-23-18-7-6-17(14-20-18)22-12-10-21(11-13-22)9-8-15-2-4-16(19)5-3-15/h2-7,14H,8-13H2,1H3. The van der Waals surface area contributed by atoms with Gasteiger partial charge in [0.15, 0.2) is 0 Å². The topological polar surface area (TPSA) is 28.6 Å². The second-order valence-electron chi connectivity index (χ2n) is 5.76. The molecular formula is C18H22FN3O. The van der Waals surface area contributed by atoms with Crippen LogP contribution in [0.5, 0.6) is 5.88 Å². The lowest BCUT2D eigenvalue weighted by Crippen LogP contribution is -2.47. The maximum atomic E-state index is 12.9. The Morgan fingerprint density at radius 1 is 1.04 bits per heavy atom. The molecule has 4 nitrogen and oxygen atoms in total. The molecule has 0 N–H and O–H groups in total. The van der Waals surface area contributed by atoms with Crippen molar-refractivity contribution >= 4 is 5.69 Å². The van der Waals surface area contributed by atoms with Gasteiger partial charge in [-0.2, -0.15) is 0 Å². The van der Waals surface area contributed by atoms with Crippen LogP contribution in [0.2, 0.25) is 0 Å². The summed E-state index contributed by atoms with van der Waals surface area (Å²) in [6.07, 6.45) is 2.83. The van der Waals surface area contributed by atoms with Crippen LogP contribution >= 0.6 is 0 Å². The van der Waals surface area contributed by atoms with Crippen molar-refractivity contribution in [2.24, 2.45) is 0 Å². The van der Waals surface area contributed by atoms with Crippen molar-refractivity contribution in [1.82, 2.24) is 9.88 Å². The van der Waals surface area contributed by atoms with Crippen molar-refractivity contribution in [1.29, 1.82) is 0 Å². The first kappa shape index (κ1) is 15.7. The molecule has 2 aromatic rings. The van der Waals surface area contributed by atoms with Crippen LogP contribution in [0.3, 0.4) is 0 Å². The van der Waals surface area contributed by atoms with Gasteiger partial charge in [-0.1, -0.05) is 12.1 Å². The molecule has 23 heavy (non-hydrogen) atoms. The first-order valence-electron chi connectivity index (χ1n) is 7.96. The number of halogens is 1. The molecule has 122 valence electrons. The Hall–Kier alpha value is -2.14. The number of aromatic nitrogens is 1. The molecule has 1 aromatic heterocycles. The molecule has 2 heterocycles. The molecular weight excluding hydrogens is 293 g/mol. The van der Waals surface area contributed by atoms with Crippen LogP contribution in [-0.4, -0.2) is 49.7 Å². The molecule has 0 atom stereocenters. The Morgan fingerprint density at radius 3 is 2.39 bits per heavy atom. The maximum absolute atomic E-state index is 12.9. The van der Waals surface area contributed by atoms with E-state index in [1.165, 1.54) is 17.7 Å². The summed E-state index contributed by atoms with van der Waals surface area (Å²) in [5.41, 5.74) is 2.33. The quantitative estimate of drug-likeness (QED) is 0.848. The fraction of sp³-hybridized carbons (Fsp3) is 0.389. The first-order valence-corrected chi connectivity index (χ1v) is 7.96. The monoisotopic (exact) mass is 315 g/mol. The molecule has 1 fully saturated rings. The summed E-state index contributed by atoms with van der Waals surface area (Å²) >= 11 is 0. The van der Waals surface area contributed by atoms with Crippen molar-refractivity contribution in [3.05, 3.63) is 54.0 Å². The molecule has 0 saturated carbocycles. The third-order valence-electron chi connectivity index (χ3n) is 4.30. The molecule has 0 unspecified atom stereocenters. The van der Waals surface area contributed by atoms with Gasteiger partial charge in [0.05, 0.1) is 19.0 Å². The van der Waals surface area contributed by atoms with E-state index in [2.05, 4.69) is 20.9 Å². The highest BCUT2D eigenvalue weighted by atomic mass is 19.1. The zero-order valence-electron chi connectivity index (χ0n) is 13.4. The molecule has 5 heteroatoms. The number of methoxy groups -OCH3 is 1. The smallest absolute Gasteiger partial charge is 0.213 e. The van der Waals surface area contributed by atoms with Crippen LogP contribution in [0.4, 0.5) is 10.1 Å². The minimum absolute atomic E-state index is 0.171. The van der Waals surface area contributed by atoms with Gasteiger partial charge < -0.3 is 9.64 Å². The fourth-order valence-corrected chi connectivity index (χ4v) is 2.85. The Kier molecular flexibility index (Phi) is 5.08. The van der Waals surface area contributed by atoms with E-state index in [1.54, 1.807) is 7.11 Å². The number of hydrogen-bond donors (Lipinski definition) is 0. The van der Waals surface area contributed by atoms with Crippen LogP contribution in [0.25, 0.3) is 0 Å². The summed E-state index contributed by atoms with van der Waals surface area (Å²) in [6.45, 7) is 5.08. The van der Waals surface area contributed by atoms with Crippen molar-refractivity contribution in [3.63, 3.8) is 0 Å². The average molecular weight is 315 g/mol. The molecule has 0 spiro atoms. The predicted molar refractivity (Wildman–Crippen MR) is 89.5 cm³/mol. The zero-order chi connectivity index (χ0) is 16.1. The number of benzene rings is 1. The Labute approximate surface area is 136 Å². The summed E-state index contributed by atoms with van der Waals surface area (Å²) in [7, 11) is 1.63. The van der Waals surface area contributed by atoms with Crippen LogP contribution in [0.1, 0.15) is 5.56 Å². The van der Waals surface area contributed by atoms with Crippen molar-refractivity contribution in [2.45, 2.75) is 6.42 Å². The number of piperazine rings is 1. The Balaban J connectivity index is 1.47. The highest BCUT2D eigenvalue weighted by Crippen LogP contribution is 2.18. The molecule has 0 aliphatic carbocycles. The summed E-state index contributed by atoms with van der Waals surface area (Å²) in [6, 6.07) is 10.8. The SMILES string of the molecule is COc1ccc(N2CCN(CCc3ccc(F)cc3)CC2)cn1. The number of rotatable bonds is 5. The Bertz CT molecular complexity index is 607. The van der Waals surface area contributed by atoms with Crippen LogP contribution in [0, 0.1) is 5.82 Å². The number of ether oxygens (including phenoxy) is 1. The summed E-state index contributed by atoms with van der Waals surface area (Å²) in [5.74, 6) is 0.474. The van der Waals surface area contributed by atoms with E-state index in [0.29, 0.717) is 5.88 Å². The lowest BCUT2D eigenvalue weighted by molar-refractivity contribution is 0.261. The van der Waals surface area contributed by atoms with E-state index < -0.39 is 0 Å². The highest BCUT2D eigenvalue weighted by Gasteiger charge is 2.17. The van der Waals surface area contributed by atoms with Gasteiger partial charge in [-0.05, 0) is 30.2 Å². The molecule has 0 radical (unpaired) electrons. The zero-order valence-corrected chi connectivity index (χ0v) is 13.4. The van der Waals surface area contributed by atoms with Crippen molar-refractivity contribution < 1.29 is 9.13 Å². The van der Waals surface area contributed by atoms with Crippen LogP contribution in [0.15, 0.2) is 42.6 Å². The minimum atomic E-state index is -0.171. The molecule has 1 aliphatic rings. The van der Waals surface area contributed by atoms with E-state index >= 15 is 0 Å². The summed E-state index contributed by atoms with van der Waals surface area (Å²) in [5, 5.41) is 0. The number of hydrogen-bond acceptors (Lipinski definition) is 4. The second-order valence-corrected chi connectivity index (χ2v) is 5.76. The predicted octanol–water partition coefficient (Wildman–Crippen LogP) is 2.59. The summed E-state index contributed by atoms with van der Waals surface area (Å²) in [4.78, 5) is 9.07. The number of pyridine rings is 1. The third-order valence-corrected chi connectivity index (χ3v) is 4.30.